The van der Waals surface area contributed by atoms with Crippen molar-refractivity contribution >= 4 is 46.6 Å². The number of allylic oxidation sites excluding steroid dienone is 2. The molecule has 3 fully saturated rings. The number of rotatable bonds is 3. The van der Waals surface area contributed by atoms with Crippen LogP contribution >= 0.6 is 11.6 Å². The Hall–Kier alpha value is -4.30. The summed E-state index contributed by atoms with van der Waals surface area (Å²) in [4.78, 5) is 58.4. The Morgan fingerprint density at radius 3 is 2.26 bits per heavy atom. The first-order chi connectivity index (χ1) is 20.1. The fourth-order valence-corrected chi connectivity index (χ4v) is 7.94. The van der Waals surface area contributed by atoms with E-state index >= 15 is 0 Å². The normalized spacial score (nSPS) is 30.3. The molecule has 6 atom stereocenters. The number of benzene rings is 3. The van der Waals surface area contributed by atoms with Gasteiger partial charge in [0.2, 0.25) is 23.6 Å². The molecule has 1 N–H and O–H groups in total. The molecule has 42 heavy (non-hydrogen) atoms. The van der Waals surface area contributed by atoms with Gasteiger partial charge in [0.25, 0.3) is 0 Å². The minimum atomic E-state index is -1.24. The van der Waals surface area contributed by atoms with Gasteiger partial charge in [0.1, 0.15) is 11.6 Å². The largest absolute Gasteiger partial charge is 0.508 e. The number of hydrogen-bond acceptors (Lipinski definition) is 5. The molecule has 0 aromatic heterocycles. The summed E-state index contributed by atoms with van der Waals surface area (Å²) in [5.41, 5.74) is 0.997. The summed E-state index contributed by atoms with van der Waals surface area (Å²) in [5, 5.41) is 9.81. The number of fused-ring (bicyclic) bond motifs is 4. The molecular formula is C33H26ClFN2O5. The molecule has 2 aliphatic carbocycles. The highest BCUT2D eigenvalue weighted by atomic mass is 35.5. The van der Waals surface area contributed by atoms with E-state index in [1.165, 1.54) is 29.2 Å². The minimum Gasteiger partial charge on any atom is -0.508 e. The minimum absolute atomic E-state index is 0.0528. The van der Waals surface area contributed by atoms with E-state index in [2.05, 4.69) is 0 Å². The van der Waals surface area contributed by atoms with Crippen LogP contribution in [-0.4, -0.2) is 28.7 Å². The van der Waals surface area contributed by atoms with Crippen LogP contribution in [0.2, 0.25) is 5.02 Å². The molecule has 9 heteroatoms. The van der Waals surface area contributed by atoms with E-state index in [0.29, 0.717) is 17.7 Å². The van der Waals surface area contributed by atoms with Crippen molar-refractivity contribution in [1.29, 1.82) is 0 Å². The summed E-state index contributed by atoms with van der Waals surface area (Å²) >= 11 is 6.04. The van der Waals surface area contributed by atoms with Crippen LogP contribution in [0.5, 0.6) is 5.75 Å². The quantitative estimate of drug-likeness (QED) is 0.318. The molecule has 7 nitrogen and oxygen atoms in total. The van der Waals surface area contributed by atoms with Crippen molar-refractivity contribution in [2.75, 3.05) is 9.80 Å². The highest BCUT2D eigenvalue weighted by molar-refractivity contribution is 6.32. The summed E-state index contributed by atoms with van der Waals surface area (Å²) in [6, 6.07) is 19.1. The molecule has 7 rings (SSSR count). The number of nitrogens with zero attached hydrogens (tertiary/aromatic N) is 2. The maximum atomic E-state index is 14.3. The molecule has 6 unspecified atom stereocenters. The molecule has 0 spiro atoms. The third-order valence-electron chi connectivity index (χ3n) is 9.68. The Kier molecular flexibility index (Phi) is 5.92. The Labute approximate surface area is 246 Å². The van der Waals surface area contributed by atoms with E-state index in [1.807, 2.05) is 12.1 Å². The van der Waals surface area contributed by atoms with Gasteiger partial charge >= 0.3 is 0 Å². The number of imide groups is 2. The van der Waals surface area contributed by atoms with Gasteiger partial charge in [0.15, 0.2) is 0 Å². The van der Waals surface area contributed by atoms with Crippen molar-refractivity contribution in [3.05, 3.63) is 101 Å². The number of carbonyl (C=O) groups is 4. The van der Waals surface area contributed by atoms with Crippen LogP contribution in [0.25, 0.3) is 0 Å². The molecule has 2 aliphatic heterocycles. The maximum absolute atomic E-state index is 14.3. The van der Waals surface area contributed by atoms with Gasteiger partial charge in [-0.3, -0.25) is 24.1 Å². The van der Waals surface area contributed by atoms with Crippen molar-refractivity contribution in [2.45, 2.75) is 25.7 Å². The van der Waals surface area contributed by atoms with Crippen LogP contribution in [0.15, 0.2) is 84.4 Å². The van der Waals surface area contributed by atoms with Gasteiger partial charge in [-0.2, -0.15) is 0 Å². The van der Waals surface area contributed by atoms with Crippen molar-refractivity contribution in [3.8, 4) is 5.75 Å². The third-order valence-corrected chi connectivity index (χ3v) is 9.97. The molecule has 3 aromatic carbocycles. The molecule has 4 amide bonds. The van der Waals surface area contributed by atoms with Crippen LogP contribution in [0.3, 0.4) is 0 Å². The fourth-order valence-electron chi connectivity index (χ4n) is 7.76. The van der Waals surface area contributed by atoms with Gasteiger partial charge in [0.05, 0.1) is 39.6 Å². The average molecular weight is 585 g/mol. The summed E-state index contributed by atoms with van der Waals surface area (Å²) in [5.74, 6) is -5.22. The smallest absolute Gasteiger partial charge is 0.241 e. The number of phenols is 1. The van der Waals surface area contributed by atoms with Gasteiger partial charge in [-0.25, -0.2) is 9.29 Å². The van der Waals surface area contributed by atoms with E-state index in [4.69, 9.17) is 11.6 Å². The molecule has 0 radical (unpaired) electrons. The van der Waals surface area contributed by atoms with Gasteiger partial charge in [-0.15, -0.1) is 0 Å². The number of anilines is 2. The zero-order valence-electron chi connectivity index (χ0n) is 22.5. The number of para-hydroxylation sites is 1. The molecule has 4 aliphatic rings. The molecule has 2 saturated heterocycles. The monoisotopic (exact) mass is 584 g/mol. The highest BCUT2D eigenvalue weighted by Gasteiger charge is 2.67. The zero-order chi connectivity index (χ0) is 29.5. The van der Waals surface area contributed by atoms with Gasteiger partial charge in [0, 0.05) is 5.92 Å². The van der Waals surface area contributed by atoms with Crippen molar-refractivity contribution in [3.63, 3.8) is 0 Å². The van der Waals surface area contributed by atoms with Crippen molar-refractivity contribution < 1.29 is 28.7 Å². The van der Waals surface area contributed by atoms with Crippen LogP contribution in [-0.2, 0) is 19.2 Å². The van der Waals surface area contributed by atoms with Crippen LogP contribution < -0.4 is 9.80 Å². The van der Waals surface area contributed by atoms with E-state index < -0.39 is 52.6 Å². The number of hydrogen-bond donors (Lipinski definition) is 1. The van der Waals surface area contributed by atoms with Gasteiger partial charge < -0.3 is 5.11 Å². The Morgan fingerprint density at radius 1 is 0.857 bits per heavy atom. The molecule has 2 heterocycles. The predicted octanol–water partition coefficient (Wildman–Crippen LogP) is 5.62. The molecular weight excluding hydrogens is 559 g/mol. The van der Waals surface area contributed by atoms with Gasteiger partial charge in [-0.05, 0) is 73.7 Å². The predicted molar refractivity (Wildman–Crippen MR) is 153 cm³/mol. The maximum Gasteiger partial charge on any atom is 0.241 e. The van der Waals surface area contributed by atoms with Crippen molar-refractivity contribution in [1.82, 2.24) is 0 Å². The lowest BCUT2D eigenvalue weighted by Gasteiger charge is -2.49. The Balaban J connectivity index is 1.36. The first-order valence-corrected chi connectivity index (χ1v) is 14.3. The summed E-state index contributed by atoms with van der Waals surface area (Å²) in [6.07, 6.45) is 2.51. The summed E-state index contributed by atoms with van der Waals surface area (Å²) < 4.78 is 14.0. The summed E-state index contributed by atoms with van der Waals surface area (Å²) in [7, 11) is 0. The second-order valence-electron chi connectivity index (χ2n) is 11.7. The SMILES string of the molecule is CC12C(=O)N(c3ccc(F)c(Cl)c3)C(=O)C1CC1C(=CCC3C(=O)N(c4ccccc4)C(=O)C31)C2c1ccc(O)cc1. The first kappa shape index (κ1) is 26.6. The third kappa shape index (κ3) is 3.57. The average Bonchev–Trinajstić information content (AvgIpc) is 3.35. The Bertz CT molecular complexity index is 1710. The first-order valence-electron chi connectivity index (χ1n) is 13.9. The highest BCUT2D eigenvalue weighted by Crippen LogP contribution is 2.63. The summed E-state index contributed by atoms with van der Waals surface area (Å²) in [6.45, 7) is 1.77. The second kappa shape index (κ2) is 9.36. The second-order valence-corrected chi connectivity index (χ2v) is 12.1. The lowest BCUT2D eigenvalue weighted by atomic mass is 9.51. The van der Waals surface area contributed by atoms with E-state index in [-0.39, 0.29) is 34.7 Å². The zero-order valence-corrected chi connectivity index (χ0v) is 23.3. The molecule has 3 aromatic rings. The lowest BCUT2D eigenvalue weighted by Crippen LogP contribution is -2.48. The molecule has 0 bridgehead atoms. The number of phenolic OH excluding ortho intramolecular Hbond substituents is 1. The number of aromatic hydroxyl groups is 1. The lowest BCUT2D eigenvalue weighted by molar-refractivity contribution is -0.131. The van der Waals surface area contributed by atoms with E-state index in [9.17, 15) is 28.7 Å². The topological polar surface area (TPSA) is 95.0 Å². The van der Waals surface area contributed by atoms with Crippen LogP contribution in [0.4, 0.5) is 15.8 Å². The van der Waals surface area contributed by atoms with E-state index in [0.717, 1.165) is 16.5 Å². The van der Waals surface area contributed by atoms with Crippen LogP contribution in [0, 0.1) is 34.9 Å². The van der Waals surface area contributed by atoms with E-state index in [1.54, 1.807) is 43.3 Å². The van der Waals surface area contributed by atoms with Crippen molar-refractivity contribution in [2.24, 2.45) is 29.1 Å². The van der Waals surface area contributed by atoms with Gasteiger partial charge in [-0.1, -0.05) is 53.6 Å². The standard InChI is InChI=1S/C33H26ClFN2O5/c1-33-24(30(40)37(32(33)42)19-9-14-26(35)25(34)15-19)16-23-21(28(33)17-7-10-20(38)11-8-17)12-13-22-27(23)31(41)36(29(22)39)18-5-3-2-4-6-18/h2-12,14-15,22-24,27-28,38H,13,16H2,1H3. The Morgan fingerprint density at radius 2 is 1.57 bits per heavy atom. The van der Waals surface area contributed by atoms with Crippen LogP contribution in [0.1, 0.15) is 31.2 Å². The number of amides is 4. The molecule has 1 saturated carbocycles. The fraction of sp³-hybridized carbons (Fsp3) is 0.273. The molecule has 212 valence electrons. The number of halogens is 2. The number of carbonyl (C=O) groups excluding carboxylic acids is 4.